The Hall–Kier alpha value is -0.810. The van der Waals surface area contributed by atoms with Crippen LogP contribution >= 0.6 is 0 Å². The molecule has 0 rings (SSSR count). The Morgan fingerprint density at radius 3 is 2.64 bits per heavy atom. The predicted molar refractivity (Wildman–Crippen MR) is 42.3 cm³/mol. The molecule has 2 amide bonds. The third-order valence-corrected chi connectivity index (χ3v) is 1.02. The third-order valence-electron chi connectivity index (χ3n) is 1.02. The van der Waals surface area contributed by atoms with Gasteiger partial charge in [0.15, 0.2) is 0 Å². The van der Waals surface area contributed by atoms with Crippen molar-refractivity contribution >= 4 is 6.03 Å². The van der Waals surface area contributed by atoms with Gasteiger partial charge in [0.2, 0.25) is 0 Å². The van der Waals surface area contributed by atoms with Crippen molar-refractivity contribution in [2.75, 3.05) is 33.4 Å². The van der Waals surface area contributed by atoms with Crippen LogP contribution in [0.2, 0.25) is 0 Å². The summed E-state index contributed by atoms with van der Waals surface area (Å²) >= 11 is 0. The van der Waals surface area contributed by atoms with Crippen molar-refractivity contribution in [3.63, 3.8) is 0 Å². The topological polar surface area (TPSA) is 76.4 Å². The smallest absolute Gasteiger partial charge is 0.314 e. The maximum atomic E-state index is 10.7. The van der Waals surface area contributed by atoms with Crippen LogP contribution in [-0.4, -0.2) is 39.4 Å². The van der Waals surface area contributed by atoms with E-state index < -0.39 is 0 Å². The van der Waals surface area contributed by atoms with E-state index in [0.717, 1.165) is 0 Å². The zero-order valence-corrected chi connectivity index (χ0v) is 6.72. The molecule has 0 bridgehead atoms. The molecule has 0 unspecified atom stereocenters. The minimum Gasteiger partial charge on any atom is -0.383 e. The molecule has 0 spiro atoms. The zero-order chi connectivity index (χ0) is 8.53. The fraction of sp³-hybridized carbons (Fsp3) is 0.833. The first-order valence-electron chi connectivity index (χ1n) is 3.52. The number of carbonyl (C=O) groups is 1. The van der Waals surface area contributed by atoms with Gasteiger partial charge >= 0.3 is 6.03 Å². The van der Waals surface area contributed by atoms with Crippen molar-refractivity contribution in [1.29, 1.82) is 0 Å². The number of methoxy groups -OCH3 is 1. The largest absolute Gasteiger partial charge is 0.383 e. The number of nitrogens with one attached hydrogen (secondary N) is 2. The Morgan fingerprint density at radius 1 is 1.45 bits per heavy atom. The molecular weight excluding hydrogens is 146 g/mol. The van der Waals surface area contributed by atoms with Crippen molar-refractivity contribution in [3.05, 3.63) is 0 Å². The van der Waals surface area contributed by atoms with Crippen molar-refractivity contribution < 1.29 is 9.53 Å². The number of carbonyl (C=O) groups excluding carboxylic acids is 1. The summed E-state index contributed by atoms with van der Waals surface area (Å²) in [6, 6.07) is -0.201. The fourth-order valence-corrected chi connectivity index (χ4v) is 0.515. The summed E-state index contributed by atoms with van der Waals surface area (Å²) in [5, 5.41) is 5.15. The fourth-order valence-electron chi connectivity index (χ4n) is 0.515. The molecule has 0 atom stereocenters. The molecule has 0 aromatic carbocycles. The highest BCUT2D eigenvalue weighted by Gasteiger charge is 1.95. The Bertz CT molecular complexity index is 108. The number of urea groups is 1. The molecule has 0 aromatic rings. The molecule has 0 radical (unpaired) electrons. The minimum absolute atomic E-state index is 0.201. The van der Waals surface area contributed by atoms with E-state index in [2.05, 4.69) is 10.6 Å². The zero-order valence-electron chi connectivity index (χ0n) is 6.72. The van der Waals surface area contributed by atoms with Gasteiger partial charge in [0, 0.05) is 26.7 Å². The second kappa shape index (κ2) is 7.30. The van der Waals surface area contributed by atoms with Gasteiger partial charge in [0.1, 0.15) is 0 Å². The van der Waals surface area contributed by atoms with E-state index in [0.29, 0.717) is 26.2 Å². The van der Waals surface area contributed by atoms with Crippen LogP contribution in [0.4, 0.5) is 4.79 Å². The van der Waals surface area contributed by atoms with Crippen molar-refractivity contribution in [3.8, 4) is 0 Å². The van der Waals surface area contributed by atoms with Crippen LogP contribution in [0.1, 0.15) is 0 Å². The van der Waals surface area contributed by atoms with E-state index in [1.807, 2.05) is 0 Å². The highest BCUT2D eigenvalue weighted by Crippen LogP contribution is 1.66. The van der Waals surface area contributed by atoms with E-state index in [1.165, 1.54) is 0 Å². The number of nitrogens with two attached hydrogens (primary N) is 1. The van der Waals surface area contributed by atoms with Crippen LogP contribution in [-0.2, 0) is 4.74 Å². The quantitative estimate of drug-likeness (QED) is 0.447. The van der Waals surface area contributed by atoms with Crippen molar-refractivity contribution in [2.24, 2.45) is 5.73 Å². The molecule has 0 heterocycles. The molecule has 4 N–H and O–H groups in total. The van der Waals surface area contributed by atoms with Gasteiger partial charge in [-0.1, -0.05) is 0 Å². The molecule has 0 aromatic heterocycles. The molecule has 0 fully saturated rings. The summed E-state index contributed by atoms with van der Waals surface area (Å²) in [4.78, 5) is 10.7. The van der Waals surface area contributed by atoms with Crippen LogP contribution in [0.3, 0.4) is 0 Å². The normalized spacial score (nSPS) is 9.27. The highest BCUT2D eigenvalue weighted by atomic mass is 16.5. The number of hydrogen-bond acceptors (Lipinski definition) is 3. The average molecular weight is 161 g/mol. The third kappa shape index (κ3) is 7.08. The van der Waals surface area contributed by atoms with Gasteiger partial charge in [-0.2, -0.15) is 0 Å². The lowest BCUT2D eigenvalue weighted by atomic mass is 10.6. The monoisotopic (exact) mass is 161 g/mol. The number of rotatable bonds is 5. The average Bonchev–Trinajstić information content (AvgIpc) is 2.01. The SMILES string of the molecule is COCCNC(=O)NCCN. The molecule has 66 valence electrons. The first-order valence-corrected chi connectivity index (χ1v) is 3.52. The van der Waals surface area contributed by atoms with Crippen LogP contribution in [0, 0.1) is 0 Å². The Labute approximate surface area is 66.3 Å². The standard InChI is InChI=1S/C6H15N3O2/c1-11-5-4-9-6(10)8-3-2-7/h2-5,7H2,1H3,(H2,8,9,10). The summed E-state index contributed by atoms with van der Waals surface area (Å²) < 4.78 is 4.73. The molecule has 0 saturated carbocycles. The van der Waals surface area contributed by atoms with Crippen LogP contribution < -0.4 is 16.4 Å². The number of hydrogen-bond donors (Lipinski definition) is 3. The van der Waals surface area contributed by atoms with Gasteiger partial charge in [-0.05, 0) is 0 Å². The van der Waals surface area contributed by atoms with Crippen molar-refractivity contribution in [2.45, 2.75) is 0 Å². The van der Waals surface area contributed by atoms with E-state index in [4.69, 9.17) is 10.5 Å². The lowest BCUT2D eigenvalue weighted by molar-refractivity contribution is 0.196. The number of ether oxygens (including phenoxy) is 1. The maximum Gasteiger partial charge on any atom is 0.314 e. The molecular formula is C6H15N3O2. The first kappa shape index (κ1) is 10.2. The van der Waals surface area contributed by atoms with Gasteiger partial charge in [-0.15, -0.1) is 0 Å². The maximum absolute atomic E-state index is 10.7. The van der Waals surface area contributed by atoms with E-state index in [-0.39, 0.29) is 6.03 Å². The summed E-state index contributed by atoms with van der Waals surface area (Å²) in [7, 11) is 1.58. The van der Waals surface area contributed by atoms with E-state index in [9.17, 15) is 4.79 Å². The molecule has 0 aliphatic heterocycles. The molecule has 0 aliphatic carbocycles. The lowest BCUT2D eigenvalue weighted by Crippen LogP contribution is -2.39. The van der Waals surface area contributed by atoms with Gasteiger partial charge < -0.3 is 21.1 Å². The van der Waals surface area contributed by atoms with Crippen LogP contribution in [0.25, 0.3) is 0 Å². The van der Waals surface area contributed by atoms with E-state index in [1.54, 1.807) is 7.11 Å². The van der Waals surface area contributed by atoms with Crippen LogP contribution in [0.15, 0.2) is 0 Å². The lowest BCUT2D eigenvalue weighted by Gasteiger charge is -2.04. The minimum atomic E-state index is -0.201. The second-order valence-electron chi connectivity index (χ2n) is 1.96. The van der Waals surface area contributed by atoms with E-state index >= 15 is 0 Å². The predicted octanol–water partition coefficient (Wildman–Crippen LogP) is -1.11. The molecule has 11 heavy (non-hydrogen) atoms. The Kier molecular flexibility index (Phi) is 6.76. The van der Waals surface area contributed by atoms with Gasteiger partial charge in [0.05, 0.1) is 6.61 Å². The van der Waals surface area contributed by atoms with Gasteiger partial charge in [-0.3, -0.25) is 0 Å². The first-order chi connectivity index (χ1) is 5.31. The molecule has 5 nitrogen and oxygen atoms in total. The Morgan fingerprint density at radius 2 is 2.09 bits per heavy atom. The number of amides is 2. The highest BCUT2D eigenvalue weighted by molar-refractivity contribution is 5.73. The molecule has 0 aliphatic rings. The second-order valence-corrected chi connectivity index (χ2v) is 1.96. The molecule has 5 heteroatoms. The Balaban J connectivity index is 3.09. The summed E-state index contributed by atoms with van der Waals surface area (Å²) in [5.41, 5.74) is 5.16. The van der Waals surface area contributed by atoms with Gasteiger partial charge in [0.25, 0.3) is 0 Å². The van der Waals surface area contributed by atoms with Gasteiger partial charge in [-0.25, -0.2) is 4.79 Å². The summed E-state index contributed by atoms with van der Waals surface area (Å²) in [6.07, 6.45) is 0. The van der Waals surface area contributed by atoms with Crippen molar-refractivity contribution in [1.82, 2.24) is 10.6 Å². The molecule has 0 saturated heterocycles. The summed E-state index contributed by atoms with van der Waals surface area (Å²) in [5.74, 6) is 0. The van der Waals surface area contributed by atoms with Crippen LogP contribution in [0.5, 0.6) is 0 Å². The summed E-state index contributed by atoms with van der Waals surface area (Å²) in [6.45, 7) is 2.00.